The minimum Gasteiger partial charge on any atom is -0.468 e. The third-order valence-corrected chi connectivity index (χ3v) is 4.93. The van der Waals surface area contributed by atoms with Crippen LogP contribution in [0.2, 0.25) is 0 Å². The second kappa shape index (κ2) is 7.65. The highest BCUT2D eigenvalue weighted by molar-refractivity contribution is 5.64. The van der Waals surface area contributed by atoms with E-state index in [0.717, 1.165) is 17.6 Å². The first-order valence-corrected chi connectivity index (χ1v) is 8.58. The van der Waals surface area contributed by atoms with Crippen molar-refractivity contribution in [2.24, 2.45) is 5.92 Å². The Morgan fingerprint density at radius 3 is 1.96 bits per heavy atom. The van der Waals surface area contributed by atoms with E-state index in [1.807, 2.05) is 12.1 Å². The molecule has 1 aliphatic rings. The summed E-state index contributed by atoms with van der Waals surface area (Å²) in [5.41, 5.74) is 3.98. The molecule has 3 rings (SSSR count). The van der Waals surface area contributed by atoms with Crippen molar-refractivity contribution in [1.82, 2.24) is 0 Å². The number of hydrogen-bond acceptors (Lipinski definition) is 2. The first kappa shape index (κ1) is 16.1. The Balaban J connectivity index is 1.67. The number of rotatable bonds is 5. The first-order valence-electron chi connectivity index (χ1n) is 8.58. The molecule has 1 fully saturated rings. The third kappa shape index (κ3) is 4.14. The van der Waals surface area contributed by atoms with E-state index in [2.05, 4.69) is 43.3 Å². The Labute approximate surface area is 139 Å². The number of methoxy groups -OCH3 is 1. The molecule has 0 spiro atoms. The highest BCUT2D eigenvalue weighted by Gasteiger charge is 2.19. The summed E-state index contributed by atoms with van der Waals surface area (Å²) in [6, 6.07) is 17.3. The van der Waals surface area contributed by atoms with Crippen molar-refractivity contribution < 1.29 is 9.47 Å². The van der Waals surface area contributed by atoms with Gasteiger partial charge in [0.25, 0.3) is 0 Å². The molecule has 2 nitrogen and oxygen atoms in total. The largest absolute Gasteiger partial charge is 0.468 e. The fourth-order valence-electron chi connectivity index (χ4n) is 3.41. The first-order chi connectivity index (χ1) is 11.3. The fraction of sp³-hybridized carbons (Fsp3) is 0.429. The Hall–Kier alpha value is -1.80. The van der Waals surface area contributed by atoms with Crippen molar-refractivity contribution in [3.05, 3.63) is 54.1 Å². The van der Waals surface area contributed by atoms with Gasteiger partial charge in [0.1, 0.15) is 5.75 Å². The monoisotopic (exact) mass is 310 g/mol. The van der Waals surface area contributed by atoms with Gasteiger partial charge in [-0.15, -0.1) is 0 Å². The Morgan fingerprint density at radius 1 is 0.826 bits per heavy atom. The van der Waals surface area contributed by atoms with Crippen LogP contribution in [0, 0.1) is 5.92 Å². The van der Waals surface area contributed by atoms with Crippen molar-refractivity contribution in [2.75, 3.05) is 13.9 Å². The molecule has 2 aromatic rings. The fourth-order valence-corrected chi connectivity index (χ4v) is 3.41. The van der Waals surface area contributed by atoms with Crippen molar-refractivity contribution >= 4 is 0 Å². The van der Waals surface area contributed by atoms with Crippen LogP contribution in [0.1, 0.15) is 44.1 Å². The van der Waals surface area contributed by atoms with E-state index in [1.54, 1.807) is 7.11 Å². The minimum atomic E-state index is 0.286. The zero-order valence-electron chi connectivity index (χ0n) is 14.1. The molecule has 2 aromatic carbocycles. The van der Waals surface area contributed by atoms with E-state index in [4.69, 9.17) is 9.47 Å². The smallest absolute Gasteiger partial charge is 0.188 e. The van der Waals surface area contributed by atoms with Gasteiger partial charge in [0, 0.05) is 7.11 Å². The van der Waals surface area contributed by atoms with Gasteiger partial charge in [-0.1, -0.05) is 56.2 Å². The number of benzene rings is 2. The van der Waals surface area contributed by atoms with Crippen LogP contribution in [0.15, 0.2) is 48.5 Å². The lowest BCUT2D eigenvalue weighted by Gasteiger charge is -2.26. The summed E-state index contributed by atoms with van der Waals surface area (Å²) >= 11 is 0. The zero-order valence-corrected chi connectivity index (χ0v) is 14.1. The van der Waals surface area contributed by atoms with Crippen LogP contribution >= 0.6 is 0 Å². The predicted octanol–water partition coefficient (Wildman–Crippen LogP) is 5.63. The van der Waals surface area contributed by atoms with Crippen LogP contribution in [0.5, 0.6) is 5.75 Å². The van der Waals surface area contributed by atoms with E-state index < -0.39 is 0 Å². The molecule has 0 N–H and O–H groups in total. The van der Waals surface area contributed by atoms with Gasteiger partial charge >= 0.3 is 0 Å². The maximum absolute atomic E-state index is 5.43. The molecule has 0 amide bonds. The molecular weight excluding hydrogens is 284 g/mol. The topological polar surface area (TPSA) is 18.5 Å². The zero-order chi connectivity index (χ0) is 16.1. The van der Waals surface area contributed by atoms with Crippen LogP contribution in [0.4, 0.5) is 0 Å². The van der Waals surface area contributed by atoms with Crippen LogP contribution in [0.25, 0.3) is 11.1 Å². The maximum atomic E-state index is 5.43. The highest BCUT2D eigenvalue weighted by atomic mass is 16.7. The van der Waals surface area contributed by atoms with E-state index >= 15 is 0 Å². The lowest BCUT2D eigenvalue weighted by molar-refractivity contribution is 0.0511. The summed E-state index contributed by atoms with van der Waals surface area (Å²) in [6.07, 6.45) is 5.42. The van der Waals surface area contributed by atoms with Crippen LogP contribution in [-0.2, 0) is 4.74 Å². The molecule has 0 atom stereocenters. The van der Waals surface area contributed by atoms with Crippen LogP contribution in [0.3, 0.4) is 0 Å². The Kier molecular flexibility index (Phi) is 5.35. The summed E-state index contributed by atoms with van der Waals surface area (Å²) in [5, 5.41) is 0. The van der Waals surface area contributed by atoms with Gasteiger partial charge in [0.2, 0.25) is 0 Å². The van der Waals surface area contributed by atoms with Crippen molar-refractivity contribution in [3.63, 3.8) is 0 Å². The average molecular weight is 310 g/mol. The van der Waals surface area contributed by atoms with E-state index in [-0.39, 0.29) is 6.79 Å². The summed E-state index contributed by atoms with van der Waals surface area (Å²) < 4.78 is 10.3. The molecule has 0 radical (unpaired) electrons. The van der Waals surface area contributed by atoms with Gasteiger partial charge in [-0.2, -0.15) is 0 Å². The van der Waals surface area contributed by atoms with Gasteiger partial charge in [-0.05, 0) is 53.5 Å². The molecule has 0 aliphatic heterocycles. The molecule has 2 heteroatoms. The second-order valence-corrected chi connectivity index (χ2v) is 6.65. The molecular formula is C21H26O2. The summed E-state index contributed by atoms with van der Waals surface area (Å²) in [4.78, 5) is 0. The van der Waals surface area contributed by atoms with Gasteiger partial charge < -0.3 is 9.47 Å². The van der Waals surface area contributed by atoms with E-state index in [9.17, 15) is 0 Å². The number of hydrogen-bond donors (Lipinski definition) is 0. The third-order valence-electron chi connectivity index (χ3n) is 4.93. The lowest BCUT2D eigenvalue weighted by atomic mass is 9.79. The van der Waals surface area contributed by atoms with E-state index in [1.165, 1.54) is 42.4 Å². The standard InChI is InChI=1S/C21H26O2/c1-16-3-5-17(6-4-16)18-7-9-19(10-8-18)20-11-13-21(14-12-20)23-15-22-2/h7-14,16-17H,3-6,15H2,1-2H3. The second-order valence-electron chi connectivity index (χ2n) is 6.65. The molecule has 1 saturated carbocycles. The molecule has 0 bridgehead atoms. The van der Waals surface area contributed by atoms with Crippen LogP contribution < -0.4 is 4.74 Å². The molecule has 0 heterocycles. The Bertz CT molecular complexity index is 593. The summed E-state index contributed by atoms with van der Waals surface area (Å²) in [7, 11) is 1.63. The van der Waals surface area contributed by atoms with Crippen molar-refractivity contribution in [1.29, 1.82) is 0 Å². The molecule has 122 valence electrons. The summed E-state index contributed by atoms with van der Waals surface area (Å²) in [6.45, 7) is 2.66. The van der Waals surface area contributed by atoms with Gasteiger partial charge in [0.15, 0.2) is 6.79 Å². The normalized spacial score (nSPS) is 21.1. The Morgan fingerprint density at radius 2 is 1.39 bits per heavy atom. The molecule has 0 saturated heterocycles. The van der Waals surface area contributed by atoms with Gasteiger partial charge in [0.05, 0.1) is 0 Å². The van der Waals surface area contributed by atoms with Crippen LogP contribution in [-0.4, -0.2) is 13.9 Å². The van der Waals surface area contributed by atoms with Crippen molar-refractivity contribution in [3.8, 4) is 16.9 Å². The minimum absolute atomic E-state index is 0.286. The predicted molar refractivity (Wildman–Crippen MR) is 94.8 cm³/mol. The molecule has 0 aromatic heterocycles. The lowest BCUT2D eigenvalue weighted by Crippen LogP contribution is -2.10. The van der Waals surface area contributed by atoms with E-state index in [0.29, 0.717) is 0 Å². The highest BCUT2D eigenvalue weighted by Crippen LogP contribution is 2.36. The molecule has 23 heavy (non-hydrogen) atoms. The number of ether oxygens (including phenoxy) is 2. The average Bonchev–Trinajstić information content (AvgIpc) is 2.61. The molecule has 0 unspecified atom stereocenters. The van der Waals surface area contributed by atoms with Gasteiger partial charge in [-0.25, -0.2) is 0 Å². The maximum Gasteiger partial charge on any atom is 0.188 e. The summed E-state index contributed by atoms with van der Waals surface area (Å²) in [5.74, 6) is 2.50. The SMILES string of the molecule is COCOc1ccc(-c2ccc(C3CCC(C)CC3)cc2)cc1. The quantitative estimate of drug-likeness (QED) is 0.666. The van der Waals surface area contributed by atoms with Crippen molar-refractivity contribution in [2.45, 2.75) is 38.5 Å². The molecule has 1 aliphatic carbocycles. The van der Waals surface area contributed by atoms with Gasteiger partial charge in [-0.3, -0.25) is 0 Å².